The Bertz CT molecular complexity index is 2280. The van der Waals surface area contributed by atoms with Crippen LogP contribution in [0.15, 0.2) is 127 Å². The number of fused-ring (bicyclic) bond motifs is 8. The number of nitrogens with one attached hydrogen (secondary N) is 1. The number of benzene rings is 7. The lowest BCUT2D eigenvalue weighted by atomic mass is 9.83. The number of non-ortho nitro benzene ring substituents is 2. The standard InChI is InChI=1S/C25H19N3O5.C14H10/c29-25(16-12-17(27(30)31)14-18(13-16)28(32)33)26-24-7-3-6-20-22-9-8-15-4-1-2-5-19(15)21(22)10-11-23(20)24;1-3-7-13-11(5-1)9-10-12-6-2-4-8-14(12)13/h1-2,4-5,8-14,24H,3,6-7H2,(H,26,29);1-10H. The van der Waals surface area contributed by atoms with Gasteiger partial charge >= 0.3 is 0 Å². The summed E-state index contributed by atoms with van der Waals surface area (Å²) < 4.78 is 0. The number of nitro benzene ring substituents is 2. The predicted octanol–water partition coefficient (Wildman–Crippen LogP) is 9.61. The van der Waals surface area contributed by atoms with Gasteiger partial charge in [0.25, 0.3) is 17.3 Å². The molecule has 0 saturated heterocycles. The van der Waals surface area contributed by atoms with Crippen LogP contribution in [0, 0.1) is 20.2 Å². The van der Waals surface area contributed by atoms with Gasteiger partial charge in [-0.25, -0.2) is 0 Å². The van der Waals surface area contributed by atoms with Crippen LogP contribution in [-0.4, -0.2) is 15.8 Å². The zero-order valence-corrected chi connectivity index (χ0v) is 25.3. The van der Waals surface area contributed by atoms with E-state index in [-0.39, 0.29) is 11.6 Å². The number of carbonyl (C=O) groups excluding carboxylic acids is 1. The van der Waals surface area contributed by atoms with Crippen molar-refractivity contribution in [2.75, 3.05) is 0 Å². The maximum atomic E-state index is 13.0. The lowest BCUT2D eigenvalue weighted by Gasteiger charge is -2.28. The highest BCUT2D eigenvalue weighted by molar-refractivity contribution is 6.09. The Morgan fingerprint density at radius 2 is 1.09 bits per heavy atom. The first-order valence-electron chi connectivity index (χ1n) is 15.4. The summed E-state index contributed by atoms with van der Waals surface area (Å²) in [4.78, 5) is 33.8. The smallest absolute Gasteiger partial charge is 0.277 e. The van der Waals surface area contributed by atoms with Crippen LogP contribution in [0.3, 0.4) is 0 Å². The molecule has 0 fully saturated rings. The number of hydrogen-bond donors (Lipinski definition) is 1. The van der Waals surface area contributed by atoms with Crippen molar-refractivity contribution in [2.24, 2.45) is 0 Å². The molecule has 1 unspecified atom stereocenters. The third kappa shape index (κ3) is 5.73. The first kappa shape index (κ1) is 29.6. The molecule has 0 bridgehead atoms. The Morgan fingerprint density at radius 1 is 0.596 bits per heavy atom. The van der Waals surface area contributed by atoms with Gasteiger partial charge in [0.2, 0.25) is 0 Å². The molecule has 7 aromatic carbocycles. The number of amides is 1. The summed E-state index contributed by atoms with van der Waals surface area (Å²) in [6, 6.07) is 40.6. The minimum absolute atomic E-state index is 0.102. The molecule has 0 aromatic heterocycles. The average molecular weight is 620 g/mol. The predicted molar refractivity (Wildman–Crippen MR) is 186 cm³/mol. The van der Waals surface area contributed by atoms with Crippen molar-refractivity contribution in [1.82, 2.24) is 5.32 Å². The van der Waals surface area contributed by atoms with Crippen molar-refractivity contribution in [3.05, 3.63) is 164 Å². The van der Waals surface area contributed by atoms with E-state index in [2.05, 4.69) is 96.3 Å². The highest BCUT2D eigenvalue weighted by atomic mass is 16.6. The summed E-state index contributed by atoms with van der Waals surface area (Å²) in [5.41, 5.74) is 1.11. The van der Waals surface area contributed by atoms with E-state index in [1.165, 1.54) is 32.5 Å². The summed E-state index contributed by atoms with van der Waals surface area (Å²) in [7, 11) is 0. The molecule has 0 aliphatic heterocycles. The lowest BCUT2D eigenvalue weighted by Crippen LogP contribution is -2.31. The Morgan fingerprint density at radius 3 is 1.64 bits per heavy atom. The number of nitro groups is 2. The average Bonchev–Trinajstić information content (AvgIpc) is 3.11. The highest BCUT2D eigenvalue weighted by Gasteiger charge is 2.26. The first-order chi connectivity index (χ1) is 22.9. The zero-order valence-electron chi connectivity index (χ0n) is 25.3. The highest BCUT2D eigenvalue weighted by Crippen LogP contribution is 2.37. The van der Waals surface area contributed by atoms with E-state index < -0.39 is 27.1 Å². The normalized spacial score (nSPS) is 13.9. The molecule has 1 atom stereocenters. The van der Waals surface area contributed by atoms with Gasteiger partial charge in [0.15, 0.2) is 0 Å². The van der Waals surface area contributed by atoms with Crippen molar-refractivity contribution in [3.8, 4) is 0 Å². The molecule has 0 radical (unpaired) electrons. The minimum atomic E-state index is -0.740. The molecule has 230 valence electrons. The van der Waals surface area contributed by atoms with E-state index in [1.807, 2.05) is 18.2 Å². The molecule has 1 aliphatic carbocycles. The van der Waals surface area contributed by atoms with Crippen molar-refractivity contribution in [2.45, 2.75) is 25.3 Å². The molecule has 1 N–H and O–H groups in total. The SMILES string of the molecule is O=C(NC1CCCc2c1ccc1c2ccc2ccccc21)c1cc([N+](=O)[O-])cc([N+](=O)[O-])c1.c1ccc2c(c1)ccc1ccccc12. The van der Waals surface area contributed by atoms with Crippen LogP contribution < -0.4 is 5.32 Å². The van der Waals surface area contributed by atoms with E-state index in [9.17, 15) is 25.0 Å². The number of aryl methyl sites for hydroxylation is 1. The molecule has 0 heterocycles. The number of carbonyl (C=O) groups is 1. The van der Waals surface area contributed by atoms with Crippen LogP contribution in [0.1, 0.15) is 40.4 Å². The van der Waals surface area contributed by atoms with Crippen LogP contribution in [0.25, 0.3) is 43.1 Å². The van der Waals surface area contributed by atoms with Gasteiger partial charge in [-0.05, 0) is 73.5 Å². The third-order valence-electron chi connectivity index (χ3n) is 8.91. The summed E-state index contributed by atoms with van der Waals surface area (Å²) in [5, 5.41) is 35.2. The van der Waals surface area contributed by atoms with Gasteiger partial charge in [-0.2, -0.15) is 0 Å². The third-order valence-corrected chi connectivity index (χ3v) is 8.91. The molecule has 47 heavy (non-hydrogen) atoms. The fraction of sp³-hybridized carbons (Fsp3) is 0.103. The second kappa shape index (κ2) is 12.3. The fourth-order valence-electron chi connectivity index (χ4n) is 6.69. The maximum absolute atomic E-state index is 13.0. The molecule has 1 aliphatic rings. The molecule has 7 aromatic rings. The first-order valence-corrected chi connectivity index (χ1v) is 15.4. The second-order valence-electron chi connectivity index (χ2n) is 11.7. The van der Waals surface area contributed by atoms with Gasteiger partial charge in [0, 0.05) is 12.1 Å². The van der Waals surface area contributed by atoms with Gasteiger partial charge in [0.1, 0.15) is 0 Å². The number of hydrogen-bond acceptors (Lipinski definition) is 5. The maximum Gasteiger partial charge on any atom is 0.277 e. The van der Waals surface area contributed by atoms with Gasteiger partial charge in [-0.3, -0.25) is 25.0 Å². The van der Waals surface area contributed by atoms with E-state index in [0.717, 1.165) is 59.2 Å². The van der Waals surface area contributed by atoms with Crippen molar-refractivity contribution >= 4 is 60.4 Å². The van der Waals surface area contributed by atoms with E-state index in [0.29, 0.717) is 0 Å². The molecule has 1 amide bonds. The van der Waals surface area contributed by atoms with Gasteiger partial charge in [0.05, 0.1) is 27.5 Å². The molecule has 8 nitrogen and oxygen atoms in total. The van der Waals surface area contributed by atoms with Gasteiger partial charge < -0.3 is 5.32 Å². The van der Waals surface area contributed by atoms with E-state index in [1.54, 1.807) is 0 Å². The van der Waals surface area contributed by atoms with E-state index in [4.69, 9.17) is 0 Å². The lowest BCUT2D eigenvalue weighted by molar-refractivity contribution is -0.394. The monoisotopic (exact) mass is 619 g/mol. The Balaban J connectivity index is 0.000000207. The zero-order chi connectivity index (χ0) is 32.5. The molecule has 0 spiro atoms. The second-order valence-corrected chi connectivity index (χ2v) is 11.7. The van der Waals surface area contributed by atoms with Crippen LogP contribution in [0.5, 0.6) is 0 Å². The topological polar surface area (TPSA) is 115 Å². The Labute approximate surface area is 269 Å². The summed E-state index contributed by atoms with van der Waals surface area (Å²) in [6.07, 6.45) is 2.48. The van der Waals surface area contributed by atoms with Crippen molar-refractivity contribution in [1.29, 1.82) is 0 Å². The van der Waals surface area contributed by atoms with Crippen LogP contribution in [0.2, 0.25) is 0 Å². The Hall–Kier alpha value is -6.15. The van der Waals surface area contributed by atoms with Crippen molar-refractivity contribution in [3.63, 3.8) is 0 Å². The minimum Gasteiger partial charge on any atom is -0.345 e. The number of rotatable bonds is 4. The van der Waals surface area contributed by atoms with Crippen LogP contribution >= 0.6 is 0 Å². The summed E-state index contributed by atoms with van der Waals surface area (Å²) in [6.45, 7) is 0. The van der Waals surface area contributed by atoms with Crippen LogP contribution in [0.4, 0.5) is 11.4 Å². The summed E-state index contributed by atoms with van der Waals surface area (Å²) >= 11 is 0. The fourth-order valence-corrected chi connectivity index (χ4v) is 6.69. The van der Waals surface area contributed by atoms with Crippen molar-refractivity contribution < 1.29 is 14.6 Å². The molecule has 0 saturated carbocycles. The summed E-state index contributed by atoms with van der Waals surface area (Å²) in [5.74, 6) is -0.571. The Kier molecular flexibility index (Phi) is 7.75. The molecule has 8 heteroatoms. The molecular weight excluding hydrogens is 590 g/mol. The van der Waals surface area contributed by atoms with Gasteiger partial charge in [-0.1, -0.05) is 109 Å². The van der Waals surface area contributed by atoms with Gasteiger partial charge in [-0.15, -0.1) is 0 Å². The molecular formula is C39H29N3O5. The van der Waals surface area contributed by atoms with E-state index >= 15 is 0 Å². The number of nitrogens with zero attached hydrogens (tertiary/aromatic N) is 2. The largest absolute Gasteiger partial charge is 0.345 e. The quantitative estimate of drug-likeness (QED) is 0.120. The van der Waals surface area contributed by atoms with Crippen LogP contribution in [-0.2, 0) is 6.42 Å². The molecule has 8 rings (SSSR count).